The van der Waals surface area contributed by atoms with Crippen molar-refractivity contribution in [3.63, 3.8) is 0 Å². The average Bonchev–Trinajstić information content (AvgIpc) is 2.06. The molecule has 1 N–H and O–H groups in total. The van der Waals surface area contributed by atoms with Crippen LogP contribution in [0.2, 0.25) is 0 Å². The maximum absolute atomic E-state index is 9.08. The van der Waals surface area contributed by atoms with Crippen molar-refractivity contribution < 1.29 is 9.84 Å². The Morgan fingerprint density at radius 2 is 2.25 bits per heavy atom. The Labute approximate surface area is 74.9 Å². The summed E-state index contributed by atoms with van der Waals surface area (Å²) in [6.45, 7) is 6.33. The summed E-state index contributed by atoms with van der Waals surface area (Å²) >= 11 is 0. The molecule has 0 aromatic carbocycles. The Hall–Kier alpha value is -0.0800. The van der Waals surface area contributed by atoms with Gasteiger partial charge in [0.25, 0.3) is 0 Å². The Morgan fingerprint density at radius 3 is 2.75 bits per heavy atom. The summed E-state index contributed by atoms with van der Waals surface area (Å²) in [5, 5.41) is 9.08. The molecule has 1 heterocycles. The highest BCUT2D eigenvalue weighted by molar-refractivity contribution is 4.74. The minimum atomic E-state index is 0.0748. The zero-order chi connectivity index (χ0) is 9.03. The molecule has 72 valence electrons. The highest BCUT2D eigenvalue weighted by Crippen LogP contribution is 2.29. The van der Waals surface area contributed by atoms with E-state index in [1.807, 2.05) is 0 Å². The molecule has 0 aliphatic carbocycles. The van der Waals surface area contributed by atoms with E-state index in [1.165, 1.54) is 12.8 Å². The fraction of sp³-hybridized carbons (Fsp3) is 1.00. The van der Waals surface area contributed by atoms with Crippen molar-refractivity contribution in [1.29, 1.82) is 0 Å². The molecule has 0 aromatic heterocycles. The van der Waals surface area contributed by atoms with Crippen molar-refractivity contribution in [2.24, 2.45) is 11.3 Å². The monoisotopic (exact) mass is 172 g/mol. The molecule has 1 aliphatic rings. The predicted octanol–water partition coefficient (Wildman–Crippen LogP) is 1.82. The molecular formula is C10H20O2. The molecule has 0 spiro atoms. The van der Waals surface area contributed by atoms with E-state index in [1.54, 1.807) is 0 Å². The Bertz CT molecular complexity index is 126. The first-order chi connectivity index (χ1) is 5.64. The Balaban J connectivity index is 2.28. The number of hydrogen-bond donors (Lipinski definition) is 1. The third-order valence-electron chi connectivity index (χ3n) is 2.52. The summed E-state index contributed by atoms with van der Waals surface area (Å²) in [6.07, 6.45) is 3.54. The van der Waals surface area contributed by atoms with E-state index in [2.05, 4.69) is 13.8 Å². The molecular weight excluding hydrogens is 152 g/mol. The van der Waals surface area contributed by atoms with Gasteiger partial charge in [0.15, 0.2) is 0 Å². The minimum Gasteiger partial charge on any atom is -0.396 e. The summed E-state index contributed by atoms with van der Waals surface area (Å²) < 4.78 is 5.39. The third kappa shape index (κ3) is 3.11. The first kappa shape index (κ1) is 10.0. The molecule has 12 heavy (non-hydrogen) atoms. The molecule has 2 nitrogen and oxygen atoms in total. The van der Waals surface area contributed by atoms with E-state index in [9.17, 15) is 0 Å². The largest absolute Gasteiger partial charge is 0.396 e. The molecule has 0 bridgehead atoms. The number of aliphatic hydroxyl groups is 1. The number of hydrogen-bond acceptors (Lipinski definition) is 2. The molecule has 1 aliphatic heterocycles. The normalized spacial score (nSPS) is 25.8. The van der Waals surface area contributed by atoms with E-state index >= 15 is 0 Å². The van der Waals surface area contributed by atoms with E-state index in [4.69, 9.17) is 9.84 Å². The maximum Gasteiger partial charge on any atom is 0.0494 e. The Morgan fingerprint density at radius 1 is 1.50 bits per heavy atom. The first-order valence-corrected chi connectivity index (χ1v) is 4.83. The van der Waals surface area contributed by atoms with Crippen molar-refractivity contribution in [3.8, 4) is 0 Å². The number of aliphatic hydroxyl groups excluding tert-OH is 1. The summed E-state index contributed by atoms with van der Waals surface area (Å²) in [4.78, 5) is 0. The Kier molecular flexibility index (Phi) is 3.53. The third-order valence-corrected chi connectivity index (χ3v) is 2.52. The highest BCUT2D eigenvalue weighted by Gasteiger charge is 2.24. The van der Waals surface area contributed by atoms with Crippen molar-refractivity contribution >= 4 is 0 Å². The van der Waals surface area contributed by atoms with Crippen LogP contribution in [0.5, 0.6) is 0 Å². The summed E-state index contributed by atoms with van der Waals surface area (Å²) in [7, 11) is 0. The van der Waals surface area contributed by atoms with Gasteiger partial charge in [-0.15, -0.1) is 0 Å². The van der Waals surface area contributed by atoms with Crippen LogP contribution in [0.3, 0.4) is 0 Å². The van der Waals surface area contributed by atoms with Crippen LogP contribution in [-0.2, 0) is 4.74 Å². The maximum atomic E-state index is 9.08. The van der Waals surface area contributed by atoms with Crippen LogP contribution in [0.15, 0.2) is 0 Å². The van der Waals surface area contributed by atoms with Gasteiger partial charge in [-0.2, -0.15) is 0 Å². The van der Waals surface area contributed by atoms with Gasteiger partial charge in [0, 0.05) is 19.8 Å². The molecule has 1 unspecified atom stereocenters. The lowest BCUT2D eigenvalue weighted by Crippen LogP contribution is -2.26. The number of ether oxygens (including phenoxy) is 1. The van der Waals surface area contributed by atoms with Gasteiger partial charge in [-0.3, -0.25) is 0 Å². The quantitative estimate of drug-likeness (QED) is 0.703. The van der Waals surface area contributed by atoms with Gasteiger partial charge in [-0.05, 0) is 30.6 Å². The second-order valence-electron chi connectivity index (χ2n) is 4.61. The first-order valence-electron chi connectivity index (χ1n) is 4.83. The van der Waals surface area contributed by atoms with Gasteiger partial charge >= 0.3 is 0 Å². The summed E-state index contributed by atoms with van der Waals surface area (Å²) in [5.41, 5.74) is 0.0748. The predicted molar refractivity (Wildman–Crippen MR) is 49.0 cm³/mol. The van der Waals surface area contributed by atoms with E-state index < -0.39 is 0 Å². The summed E-state index contributed by atoms with van der Waals surface area (Å²) in [5.74, 6) is 0.667. The van der Waals surface area contributed by atoms with Crippen LogP contribution < -0.4 is 0 Å². The highest BCUT2D eigenvalue weighted by atomic mass is 16.5. The fourth-order valence-corrected chi connectivity index (χ4v) is 1.81. The van der Waals surface area contributed by atoms with Gasteiger partial charge < -0.3 is 9.84 Å². The van der Waals surface area contributed by atoms with E-state index in [0.29, 0.717) is 5.92 Å². The van der Waals surface area contributed by atoms with E-state index in [0.717, 1.165) is 19.6 Å². The molecule has 1 atom stereocenters. The smallest absolute Gasteiger partial charge is 0.0494 e. The van der Waals surface area contributed by atoms with Crippen LogP contribution in [0.4, 0.5) is 0 Å². The standard InChI is InChI=1S/C10H20O2/c1-10(2,8-11)6-9-4-3-5-12-7-9/h9,11H,3-8H2,1-2H3. The molecule has 0 saturated carbocycles. The second-order valence-corrected chi connectivity index (χ2v) is 4.61. The second kappa shape index (κ2) is 4.24. The fourth-order valence-electron chi connectivity index (χ4n) is 1.81. The molecule has 1 rings (SSSR count). The number of rotatable bonds is 3. The van der Waals surface area contributed by atoms with Crippen LogP contribution in [0, 0.1) is 11.3 Å². The lowest BCUT2D eigenvalue weighted by Gasteiger charge is -2.30. The van der Waals surface area contributed by atoms with Gasteiger partial charge in [0.05, 0.1) is 0 Å². The summed E-state index contributed by atoms with van der Waals surface area (Å²) in [6, 6.07) is 0. The molecule has 0 amide bonds. The van der Waals surface area contributed by atoms with Crippen molar-refractivity contribution in [2.75, 3.05) is 19.8 Å². The van der Waals surface area contributed by atoms with Crippen LogP contribution in [0.1, 0.15) is 33.1 Å². The van der Waals surface area contributed by atoms with E-state index in [-0.39, 0.29) is 12.0 Å². The van der Waals surface area contributed by atoms with Crippen LogP contribution in [0.25, 0.3) is 0 Å². The van der Waals surface area contributed by atoms with Gasteiger partial charge in [0.1, 0.15) is 0 Å². The van der Waals surface area contributed by atoms with Crippen LogP contribution >= 0.6 is 0 Å². The SMILES string of the molecule is CC(C)(CO)CC1CCCOC1. The van der Waals surface area contributed by atoms with Gasteiger partial charge in [-0.25, -0.2) is 0 Å². The van der Waals surface area contributed by atoms with Gasteiger partial charge in [0.2, 0.25) is 0 Å². The average molecular weight is 172 g/mol. The molecule has 1 fully saturated rings. The molecule has 0 radical (unpaired) electrons. The van der Waals surface area contributed by atoms with Crippen LogP contribution in [-0.4, -0.2) is 24.9 Å². The zero-order valence-corrected chi connectivity index (χ0v) is 8.18. The zero-order valence-electron chi connectivity index (χ0n) is 8.18. The van der Waals surface area contributed by atoms with Crippen molar-refractivity contribution in [3.05, 3.63) is 0 Å². The van der Waals surface area contributed by atoms with Crippen molar-refractivity contribution in [1.82, 2.24) is 0 Å². The lowest BCUT2D eigenvalue weighted by atomic mass is 9.81. The lowest BCUT2D eigenvalue weighted by molar-refractivity contribution is 0.0257. The minimum absolute atomic E-state index is 0.0748. The van der Waals surface area contributed by atoms with Gasteiger partial charge in [-0.1, -0.05) is 13.8 Å². The van der Waals surface area contributed by atoms with Crippen molar-refractivity contribution in [2.45, 2.75) is 33.1 Å². The molecule has 2 heteroatoms. The topological polar surface area (TPSA) is 29.5 Å². The molecule has 1 saturated heterocycles. The molecule has 0 aromatic rings.